The van der Waals surface area contributed by atoms with E-state index in [4.69, 9.17) is 0 Å². The first-order chi connectivity index (χ1) is 9.77. The summed E-state index contributed by atoms with van der Waals surface area (Å²) in [5.41, 5.74) is 1.21. The number of amides is 1. The fourth-order valence-corrected chi connectivity index (χ4v) is 3.28. The Labute approximate surface area is 120 Å². The van der Waals surface area contributed by atoms with Crippen molar-refractivity contribution in [2.24, 2.45) is 0 Å². The molecular formula is C15H22N4O. The van der Waals surface area contributed by atoms with Crippen LogP contribution in [0.1, 0.15) is 31.4 Å². The summed E-state index contributed by atoms with van der Waals surface area (Å²) >= 11 is 0. The van der Waals surface area contributed by atoms with Gasteiger partial charge in [-0.15, -0.1) is 0 Å². The Hall–Kier alpha value is -1.62. The number of nitrogens with zero attached hydrogens (tertiary/aromatic N) is 3. The maximum absolute atomic E-state index is 11.8. The zero-order valence-electron chi connectivity index (χ0n) is 12.0. The quantitative estimate of drug-likeness (QED) is 0.879. The number of hydrogen-bond donors (Lipinski definition) is 1. The Morgan fingerprint density at radius 2 is 2.15 bits per heavy atom. The zero-order valence-corrected chi connectivity index (χ0v) is 12.0. The lowest BCUT2D eigenvalue weighted by Gasteiger charge is -2.32. The molecular weight excluding hydrogens is 252 g/mol. The molecule has 2 fully saturated rings. The molecule has 3 heterocycles. The summed E-state index contributed by atoms with van der Waals surface area (Å²) in [6, 6.07) is 4.32. The van der Waals surface area contributed by atoms with Gasteiger partial charge in [0.15, 0.2) is 0 Å². The molecule has 5 heteroatoms. The van der Waals surface area contributed by atoms with Crippen LogP contribution in [0, 0.1) is 0 Å². The van der Waals surface area contributed by atoms with Crippen LogP contribution in [0.5, 0.6) is 0 Å². The number of likely N-dealkylation sites (tertiary alicyclic amines) is 1. The van der Waals surface area contributed by atoms with E-state index in [0.717, 1.165) is 51.4 Å². The lowest BCUT2D eigenvalue weighted by molar-refractivity contribution is -0.129. The third kappa shape index (κ3) is 2.50. The highest BCUT2D eigenvalue weighted by Gasteiger charge is 2.31. The Bertz CT molecular complexity index is 485. The summed E-state index contributed by atoms with van der Waals surface area (Å²) in [6.45, 7) is 6.50. The van der Waals surface area contributed by atoms with Gasteiger partial charge in [-0.2, -0.15) is 0 Å². The fraction of sp³-hybridized carbons (Fsp3) is 0.600. The largest absolute Gasteiger partial charge is 0.354 e. The first-order valence-corrected chi connectivity index (χ1v) is 7.45. The molecule has 0 radical (unpaired) electrons. The van der Waals surface area contributed by atoms with Gasteiger partial charge in [0.05, 0.1) is 6.04 Å². The Morgan fingerprint density at radius 3 is 2.90 bits per heavy atom. The first kappa shape index (κ1) is 13.4. The summed E-state index contributed by atoms with van der Waals surface area (Å²) in [4.78, 5) is 20.7. The lowest BCUT2D eigenvalue weighted by Crippen LogP contribution is -2.44. The molecule has 2 aliphatic rings. The molecule has 1 N–H and O–H groups in total. The van der Waals surface area contributed by atoms with E-state index in [0.29, 0.717) is 0 Å². The molecule has 1 aromatic heterocycles. The second-order valence-electron chi connectivity index (χ2n) is 5.52. The molecule has 0 aromatic carbocycles. The summed E-state index contributed by atoms with van der Waals surface area (Å²) in [7, 11) is 0. The molecule has 2 saturated heterocycles. The summed E-state index contributed by atoms with van der Waals surface area (Å²) in [6.07, 6.45) is 3.98. The van der Waals surface area contributed by atoms with Crippen LogP contribution in [0.2, 0.25) is 0 Å². The van der Waals surface area contributed by atoms with Crippen molar-refractivity contribution in [3.05, 3.63) is 23.9 Å². The Kier molecular flexibility index (Phi) is 3.87. The monoisotopic (exact) mass is 274 g/mol. The second-order valence-corrected chi connectivity index (χ2v) is 5.52. The summed E-state index contributed by atoms with van der Waals surface area (Å²) < 4.78 is 0. The molecule has 3 rings (SSSR count). The summed E-state index contributed by atoms with van der Waals surface area (Å²) in [5, 5.41) is 3.37. The highest BCUT2D eigenvalue weighted by atomic mass is 16.2. The maximum atomic E-state index is 11.8. The second kappa shape index (κ2) is 5.79. The van der Waals surface area contributed by atoms with Crippen LogP contribution >= 0.6 is 0 Å². The molecule has 20 heavy (non-hydrogen) atoms. The summed E-state index contributed by atoms with van der Waals surface area (Å²) in [5.74, 6) is 1.23. The van der Waals surface area contributed by atoms with Gasteiger partial charge in [-0.05, 0) is 18.9 Å². The normalized spacial score (nSPS) is 23.1. The van der Waals surface area contributed by atoms with Gasteiger partial charge in [0.25, 0.3) is 0 Å². The van der Waals surface area contributed by atoms with Gasteiger partial charge in [0, 0.05) is 51.4 Å². The van der Waals surface area contributed by atoms with Gasteiger partial charge >= 0.3 is 0 Å². The predicted octanol–water partition coefficient (Wildman–Crippen LogP) is 1.17. The fourth-order valence-electron chi connectivity index (χ4n) is 3.28. The molecule has 1 unspecified atom stereocenters. The number of carbonyl (C=O) groups excluding carboxylic acids is 1. The number of carbonyl (C=O) groups is 1. The molecule has 0 aliphatic carbocycles. The van der Waals surface area contributed by atoms with E-state index >= 15 is 0 Å². The predicted molar refractivity (Wildman–Crippen MR) is 78.7 cm³/mol. The molecule has 1 amide bonds. The highest BCUT2D eigenvalue weighted by Crippen LogP contribution is 2.36. The van der Waals surface area contributed by atoms with E-state index in [-0.39, 0.29) is 11.9 Å². The zero-order chi connectivity index (χ0) is 13.9. The van der Waals surface area contributed by atoms with Crippen LogP contribution in [-0.4, -0.2) is 48.5 Å². The van der Waals surface area contributed by atoms with Gasteiger partial charge in [-0.1, -0.05) is 6.07 Å². The Balaban J connectivity index is 1.90. The van der Waals surface area contributed by atoms with Gasteiger partial charge in [0.1, 0.15) is 5.82 Å². The van der Waals surface area contributed by atoms with E-state index in [1.807, 2.05) is 17.2 Å². The van der Waals surface area contributed by atoms with Crippen molar-refractivity contribution in [1.29, 1.82) is 0 Å². The number of nitrogens with one attached hydrogen (secondary N) is 1. The molecule has 1 atom stereocenters. The lowest BCUT2D eigenvalue weighted by atomic mass is 10.0. The minimum Gasteiger partial charge on any atom is -0.354 e. The number of rotatable bonds is 2. The average Bonchev–Trinajstić information content (AvgIpc) is 2.98. The number of piperazine rings is 1. The van der Waals surface area contributed by atoms with Crippen LogP contribution in [0.3, 0.4) is 0 Å². The average molecular weight is 274 g/mol. The van der Waals surface area contributed by atoms with Crippen LogP contribution < -0.4 is 10.2 Å². The van der Waals surface area contributed by atoms with Crippen molar-refractivity contribution in [2.75, 3.05) is 37.6 Å². The topological polar surface area (TPSA) is 48.5 Å². The van der Waals surface area contributed by atoms with Crippen LogP contribution in [0.4, 0.5) is 5.82 Å². The standard InChI is InChI=1S/C15H22N4O/c1-12(20)19-9-3-5-14(19)13-4-2-6-17-15(13)18-10-7-16-8-11-18/h2,4,6,14,16H,3,5,7-11H2,1H3. The van der Waals surface area contributed by atoms with Crippen LogP contribution in [-0.2, 0) is 4.79 Å². The minimum atomic E-state index is 0.169. The first-order valence-electron chi connectivity index (χ1n) is 7.45. The smallest absolute Gasteiger partial charge is 0.219 e. The molecule has 0 bridgehead atoms. The van der Waals surface area contributed by atoms with Gasteiger partial charge < -0.3 is 15.1 Å². The van der Waals surface area contributed by atoms with E-state index < -0.39 is 0 Å². The van der Waals surface area contributed by atoms with Gasteiger partial charge in [0.2, 0.25) is 5.91 Å². The van der Waals surface area contributed by atoms with Crippen molar-refractivity contribution in [1.82, 2.24) is 15.2 Å². The molecule has 1 aromatic rings. The number of hydrogen-bond acceptors (Lipinski definition) is 4. The molecule has 5 nitrogen and oxygen atoms in total. The van der Waals surface area contributed by atoms with E-state index in [9.17, 15) is 4.79 Å². The van der Waals surface area contributed by atoms with E-state index in [1.54, 1.807) is 6.92 Å². The third-order valence-corrected chi connectivity index (χ3v) is 4.25. The van der Waals surface area contributed by atoms with Crippen molar-refractivity contribution < 1.29 is 4.79 Å². The van der Waals surface area contributed by atoms with Crippen molar-refractivity contribution in [3.63, 3.8) is 0 Å². The van der Waals surface area contributed by atoms with Crippen molar-refractivity contribution >= 4 is 11.7 Å². The van der Waals surface area contributed by atoms with Crippen LogP contribution in [0.25, 0.3) is 0 Å². The number of aromatic nitrogens is 1. The molecule has 108 valence electrons. The van der Waals surface area contributed by atoms with Crippen LogP contribution in [0.15, 0.2) is 18.3 Å². The van der Waals surface area contributed by atoms with E-state index in [1.165, 1.54) is 5.56 Å². The van der Waals surface area contributed by atoms with Gasteiger partial charge in [-0.25, -0.2) is 4.98 Å². The maximum Gasteiger partial charge on any atom is 0.219 e. The van der Waals surface area contributed by atoms with Gasteiger partial charge in [-0.3, -0.25) is 4.79 Å². The SMILES string of the molecule is CC(=O)N1CCCC1c1cccnc1N1CCNCC1. The molecule has 0 saturated carbocycles. The third-order valence-electron chi connectivity index (χ3n) is 4.25. The molecule has 2 aliphatic heterocycles. The van der Waals surface area contributed by atoms with Crippen molar-refractivity contribution in [2.45, 2.75) is 25.8 Å². The molecule has 0 spiro atoms. The number of pyridine rings is 1. The highest BCUT2D eigenvalue weighted by molar-refractivity contribution is 5.74. The van der Waals surface area contributed by atoms with Crippen molar-refractivity contribution in [3.8, 4) is 0 Å². The minimum absolute atomic E-state index is 0.169. The Morgan fingerprint density at radius 1 is 1.35 bits per heavy atom. The van der Waals surface area contributed by atoms with E-state index in [2.05, 4.69) is 21.3 Å². The number of anilines is 1.